The number of carbonyl (C=O) groups is 2. The number of carbonyl (C=O) groups excluding carboxylic acids is 2. The molecule has 0 bridgehead atoms. The van der Waals surface area contributed by atoms with Gasteiger partial charge in [0, 0.05) is 12.4 Å². The number of rotatable bonds is 5. The monoisotopic (exact) mass is 222 g/mol. The van der Waals surface area contributed by atoms with Gasteiger partial charge in [-0.1, -0.05) is 13.8 Å². The van der Waals surface area contributed by atoms with E-state index in [2.05, 4.69) is 10.5 Å². The van der Waals surface area contributed by atoms with E-state index >= 15 is 0 Å². The maximum atomic E-state index is 11.4. The highest BCUT2D eigenvalue weighted by molar-refractivity contribution is 5.88. The average Bonchev–Trinajstić information content (AvgIpc) is 2.30. The van der Waals surface area contributed by atoms with Gasteiger partial charge in [0.2, 0.25) is 0 Å². The highest BCUT2D eigenvalue weighted by Gasteiger charge is 2.15. The molecule has 16 heavy (non-hydrogen) atoms. The van der Waals surface area contributed by atoms with Gasteiger partial charge in [-0.2, -0.15) is 0 Å². The first-order valence-electron chi connectivity index (χ1n) is 4.97. The van der Waals surface area contributed by atoms with Gasteiger partial charge < -0.3 is 9.63 Å². The fraction of sp³-hybridized carbons (Fsp3) is 0.364. The number of nitrogens with zero attached hydrogens (tertiary/aromatic N) is 1. The summed E-state index contributed by atoms with van der Waals surface area (Å²) in [6.07, 6.45) is 3.67. The third kappa shape index (κ3) is 3.43. The van der Waals surface area contributed by atoms with E-state index in [-0.39, 0.29) is 5.92 Å². The van der Waals surface area contributed by atoms with E-state index in [1.807, 2.05) is 13.8 Å². The zero-order valence-corrected chi connectivity index (χ0v) is 9.21. The fourth-order valence-electron chi connectivity index (χ4n) is 0.985. The lowest BCUT2D eigenvalue weighted by Gasteiger charge is -2.15. The van der Waals surface area contributed by atoms with Crippen molar-refractivity contribution in [2.45, 2.75) is 19.9 Å². The number of hydroxylamine groups is 1. The highest BCUT2D eigenvalue weighted by Crippen LogP contribution is 2.01. The van der Waals surface area contributed by atoms with Crippen molar-refractivity contribution in [2.75, 3.05) is 0 Å². The number of pyridine rings is 1. The molecule has 1 aromatic heterocycles. The van der Waals surface area contributed by atoms with Crippen molar-refractivity contribution in [3.63, 3.8) is 0 Å². The third-order valence-corrected chi connectivity index (χ3v) is 2.05. The molecule has 0 saturated carbocycles. The van der Waals surface area contributed by atoms with Crippen molar-refractivity contribution in [3.05, 3.63) is 30.1 Å². The van der Waals surface area contributed by atoms with Crippen LogP contribution in [0.1, 0.15) is 24.2 Å². The number of hydrogen-bond acceptors (Lipinski definition) is 5. The molecule has 0 aliphatic rings. The first-order chi connectivity index (χ1) is 7.65. The van der Waals surface area contributed by atoms with Crippen LogP contribution in [0.15, 0.2) is 24.5 Å². The van der Waals surface area contributed by atoms with Gasteiger partial charge in [0.15, 0.2) is 0 Å². The second kappa shape index (κ2) is 5.97. The topological polar surface area (TPSA) is 68.3 Å². The summed E-state index contributed by atoms with van der Waals surface area (Å²) in [5, 5.41) is 0. The van der Waals surface area contributed by atoms with Crippen molar-refractivity contribution in [1.82, 2.24) is 10.5 Å². The second-order valence-corrected chi connectivity index (χ2v) is 3.65. The van der Waals surface area contributed by atoms with Crippen LogP contribution >= 0.6 is 0 Å². The molecule has 1 atom stereocenters. The van der Waals surface area contributed by atoms with Crippen LogP contribution in [0.4, 0.5) is 0 Å². The molecule has 5 nitrogen and oxygen atoms in total. The molecule has 0 fully saturated rings. The van der Waals surface area contributed by atoms with Gasteiger partial charge in [0.25, 0.3) is 0 Å². The lowest BCUT2D eigenvalue weighted by molar-refractivity contribution is -0.113. The summed E-state index contributed by atoms with van der Waals surface area (Å²) in [4.78, 5) is 30.6. The standard InChI is InChI=1S/C11H14N2O3/c1-8(2)10(7-14)13-16-11(15)9-4-3-5-12-6-9/h3-8,10,13H,1-2H3/t10-/m0/s1. The summed E-state index contributed by atoms with van der Waals surface area (Å²) >= 11 is 0. The molecule has 0 aliphatic heterocycles. The molecular formula is C11H14N2O3. The minimum absolute atomic E-state index is 0.0548. The van der Waals surface area contributed by atoms with Crippen LogP contribution in [0, 0.1) is 5.92 Å². The van der Waals surface area contributed by atoms with Gasteiger partial charge in [0.05, 0.1) is 5.56 Å². The van der Waals surface area contributed by atoms with E-state index in [1.54, 1.807) is 18.3 Å². The number of aromatic nitrogens is 1. The number of hydrogen-bond donors (Lipinski definition) is 1. The van der Waals surface area contributed by atoms with Crippen LogP contribution in [0.5, 0.6) is 0 Å². The Balaban J connectivity index is 2.50. The predicted octanol–water partition coefficient (Wildman–Crippen LogP) is 0.967. The molecule has 86 valence electrons. The van der Waals surface area contributed by atoms with Gasteiger partial charge in [-0.15, -0.1) is 5.48 Å². The summed E-state index contributed by atoms with van der Waals surface area (Å²) in [7, 11) is 0. The summed E-state index contributed by atoms with van der Waals surface area (Å²) in [5.41, 5.74) is 2.76. The molecule has 0 amide bonds. The van der Waals surface area contributed by atoms with Crippen LogP contribution in [0.25, 0.3) is 0 Å². The molecule has 0 aliphatic carbocycles. The number of aldehydes is 1. The normalized spacial score (nSPS) is 12.2. The SMILES string of the molecule is CC(C)[C@H](C=O)NOC(=O)c1cccnc1. The Morgan fingerprint density at radius 2 is 2.31 bits per heavy atom. The second-order valence-electron chi connectivity index (χ2n) is 3.65. The molecule has 0 saturated heterocycles. The molecule has 0 radical (unpaired) electrons. The van der Waals surface area contributed by atoms with Gasteiger partial charge in [-0.3, -0.25) is 4.98 Å². The van der Waals surface area contributed by atoms with Crippen molar-refractivity contribution in [2.24, 2.45) is 5.92 Å². The van der Waals surface area contributed by atoms with Crippen LogP contribution < -0.4 is 5.48 Å². The fourth-order valence-corrected chi connectivity index (χ4v) is 0.985. The predicted molar refractivity (Wildman–Crippen MR) is 57.5 cm³/mol. The molecule has 1 aromatic rings. The van der Waals surface area contributed by atoms with Gasteiger partial charge in [0.1, 0.15) is 12.3 Å². The quantitative estimate of drug-likeness (QED) is 0.593. The lowest BCUT2D eigenvalue weighted by atomic mass is 10.1. The summed E-state index contributed by atoms with van der Waals surface area (Å²) in [5.74, 6) is -0.500. The zero-order chi connectivity index (χ0) is 12.0. The summed E-state index contributed by atoms with van der Waals surface area (Å²) in [6.45, 7) is 3.70. The van der Waals surface area contributed by atoms with Crippen molar-refractivity contribution < 1.29 is 14.4 Å². The lowest BCUT2D eigenvalue weighted by Crippen LogP contribution is -2.36. The van der Waals surface area contributed by atoms with Crippen LogP contribution in [0.3, 0.4) is 0 Å². The maximum Gasteiger partial charge on any atom is 0.358 e. The van der Waals surface area contributed by atoms with Gasteiger partial charge in [-0.05, 0) is 18.1 Å². The van der Waals surface area contributed by atoms with E-state index < -0.39 is 12.0 Å². The van der Waals surface area contributed by atoms with Gasteiger partial charge >= 0.3 is 5.97 Å². The van der Waals surface area contributed by atoms with E-state index in [0.29, 0.717) is 11.8 Å². The Bertz CT molecular complexity index is 352. The van der Waals surface area contributed by atoms with Crippen molar-refractivity contribution >= 4 is 12.3 Å². The Hall–Kier alpha value is -1.75. The van der Waals surface area contributed by atoms with E-state index in [0.717, 1.165) is 0 Å². The van der Waals surface area contributed by atoms with Crippen LogP contribution in [-0.4, -0.2) is 23.3 Å². The number of nitrogens with one attached hydrogen (secondary N) is 1. The van der Waals surface area contributed by atoms with E-state index in [9.17, 15) is 9.59 Å². The Morgan fingerprint density at radius 1 is 1.56 bits per heavy atom. The molecule has 0 aromatic carbocycles. The zero-order valence-electron chi connectivity index (χ0n) is 9.21. The van der Waals surface area contributed by atoms with E-state index in [4.69, 9.17) is 4.84 Å². The van der Waals surface area contributed by atoms with Crippen LogP contribution in [0.2, 0.25) is 0 Å². The Kier molecular flexibility index (Phi) is 4.60. The smallest absolute Gasteiger partial charge is 0.358 e. The first kappa shape index (κ1) is 12.3. The third-order valence-electron chi connectivity index (χ3n) is 2.05. The minimum atomic E-state index is -0.555. The molecule has 0 spiro atoms. The average molecular weight is 222 g/mol. The molecule has 1 rings (SSSR count). The largest absolute Gasteiger partial charge is 0.366 e. The summed E-state index contributed by atoms with van der Waals surface area (Å²) < 4.78 is 0. The maximum absolute atomic E-state index is 11.4. The van der Waals surface area contributed by atoms with Crippen LogP contribution in [-0.2, 0) is 9.63 Å². The van der Waals surface area contributed by atoms with Gasteiger partial charge in [-0.25, -0.2) is 4.79 Å². The molecule has 5 heteroatoms. The first-order valence-corrected chi connectivity index (χ1v) is 4.97. The Labute approximate surface area is 93.8 Å². The molecule has 1 heterocycles. The Morgan fingerprint density at radius 3 is 2.81 bits per heavy atom. The van der Waals surface area contributed by atoms with E-state index in [1.165, 1.54) is 6.20 Å². The highest BCUT2D eigenvalue weighted by atomic mass is 16.7. The van der Waals surface area contributed by atoms with Crippen molar-refractivity contribution in [3.8, 4) is 0 Å². The molecular weight excluding hydrogens is 208 g/mol. The summed E-state index contributed by atoms with van der Waals surface area (Å²) in [6, 6.07) is 2.72. The minimum Gasteiger partial charge on any atom is -0.366 e. The molecule has 0 unspecified atom stereocenters. The molecule has 1 N–H and O–H groups in total. The van der Waals surface area contributed by atoms with Crippen molar-refractivity contribution in [1.29, 1.82) is 0 Å².